The largest absolute Gasteiger partial charge is 0.327 e. The van der Waals surface area contributed by atoms with Crippen molar-refractivity contribution < 1.29 is 0 Å². The molecule has 0 bridgehead atoms. The average Bonchev–Trinajstić information content (AvgIpc) is 2.20. The lowest BCUT2D eigenvalue weighted by Gasteiger charge is -2.28. The molecule has 1 saturated carbocycles. The van der Waals surface area contributed by atoms with Gasteiger partial charge < -0.3 is 5.73 Å². The van der Waals surface area contributed by atoms with E-state index in [0.29, 0.717) is 12.0 Å². The number of benzene rings is 1. The summed E-state index contributed by atoms with van der Waals surface area (Å²) in [7, 11) is 0. The fourth-order valence-electron chi connectivity index (χ4n) is 2.27. The van der Waals surface area contributed by atoms with Gasteiger partial charge in [-0.15, -0.1) is 12.4 Å². The Hall–Kier alpha value is -0.530. The smallest absolute Gasteiger partial charge is 0.0108 e. The van der Waals surface area contributed by atoms with Crippen LogP contribution >= 0.6 is 12.4 Å². The summed E-state index contributed by atoms with van der Waals surface area (Å²) in [5, 5.41) is 0. The van der Waals surface area contributed by atoms with Crippen LogP contribution in [0.3, 0.4) is 0 Å². The predicted molar refractivity (Wildman–Crippen MR) is 62.9 cm³/mol. The zero-order valence-corrected chi connectivity index (χ0v) is 9.17. The SMILES string of the molecule is Cl.N[C@H]1CCCC[C@@H]1c1ccccc1. The van der Waals surface area contributed by atoms with Gasteiger partial charge in [-0.1, -0.05) is 43.2 Å². The number of hydrogen-bond donors (Lipinski definition) is 1. The Labute approximate surface area is 92.1 Å². The summed E-state index contributed by atoms with van der Waals surface area (Å²) in [4.78, 5) is 0. The number of nitrogens with two attached hydrogens (primary N) is 1. The van der Waals surface area contributed by atoms with Crippen molar-refractivity contribution in [1.29, 1.82) is 0 Å². The second-order valence-corrected chi connectivity index (χ2v) is 3.97. The van der Waals surface area contributed by atoms with Crippen LogP contribution in [0.2, 0.25) is 0 Å². The molecule has 1 aromatic carbocycles. The van der Waals surface area contributed by atoms with Gasteiger partial charge in [0.15, 0.2) is 0 Å². The topological polar surface area (TPSA) is 26.0 Å². The first-order valence-corrected chi connectivity index (χ1v) is 5.18. The monoisotopic (exact) mass is 211 g/mol. The van der Waals surface area contributed by atoms with Gasteiger partial charge in [-0.2, -0.15) is 0 Å². The van der Waals surface area contributed by atoms with E-state index < -0.39 is 0 Å². The van der Waals surface area contributed by atoms with E-state index in [2.05, 4.69) is 30.3 Å². The van der Waals surface area contributed by atoms with Crippen LogP contribution in [0, 0.1) is 0 Å². The molecular weight excluding hydrogens is 194 g/mol. The highest BCUT2D eigenvalue weighted by molar-refractivity contribution is 5.85. The summed E-state index contributed by atoms with van der Waals surface area (Å²) in [5.74, 6) is 0.606. The van der Waals surface area contributed by atoms with Crippen LogP contribution in [0.4, 0.5) is 0 Å². The molecule has 0 unspecified atom stereocenters. The average molecular weight is 212 g/mol. The molecule has 1 fully saturated rings. The van der Waals surface area contributed by atoms with Crippen molar-refractivity contribution in [2.75, 3.05) is 0 Å². The third-order valence-electron chi connectivity index (χ3n) is 3.05. The zero-order valence-electron chi connectivity index (χ0n) is 8.36. The molecule has 2 atom stereocenters. The van der Waals surface area contributed by atoms with Gasteiger partial charge in [0.1, 0.15) is 0 Å². The fourth-order valence-corrected chi connectivity index (χ4v) is 2.27. The highest BCUT2D eigenvalue weighted by Crippen LogP contribution is 2.31. The van der Waals surface area contributed by atoms with Crippen LogP contribution in [-0.4, -0.2) is 6.04 Å². The van der Waals surface area contributed by atoms with Crippen molar-refractivity contribution in [1.82, 2.24) is 0 Å². The van der Waals surface area contributed by atoms with E-state index >= 15 is 0 Å². The van der Waals surface area contributed by atoms with E-state index in [0.717, 1.165) is 0 Å². The molecule has 1 nitrogen and oxygen atoms in total. The summed E-state index contributed by atoms with van der Waals surface area (Å²) in [6, 6.07) is 11.1. The minimum absolute atomic E-state index is 0. The van der Waals surface area contributed by atoms with Crippen LogP contribution < -0.4 is 5.73 Å². The van der Waals surface area contributed by atoms with Gasteiger partial charge in [-0.3, -0.25) is 0 Å². The summed E-state index contributed by atoms with van der Waals surface area (Å²) >= 11 is 0. The summed E-state index contributed by atoms with van der Waals surface area (Å²) in [5.41, 5.74) is 7.54. The second kappa shape index (κ2) is 5.38. The predicted octanol–water partition coefficient (Wildman–Crippen LogP) is 3.09. The van der Waals surface area contributed by atoms with Crippen molar-refractivity contribution in [2.45, 2.75) is 37.6 Å². The molecule has 0 spiro atoms. The molecule has 0 amide bonds. The quantitative estimate of drug-likeness (QED) is 0.759. The van der Waals surface area contributed by atoms with Crippen molar-refractivity contribution in [3.05, 3.63) is 35.9 Å². The van der Waals surface area contributed by atoms with E-state index in [1.165, 1.54) is 31.2 Å². The summed E-state index contributed by atoms with van der Waals surface area (Å²) in [6.07, 6.45) is 5.11. The molecule has 2 N–H and O–H groups in total. The Morgan fingerprint density at radius 2 is 1.64 bits per heavy atom. The van der Waals surface area contributed by atoms with Gasteiger partial charge in [0, 0.05) is 6.04 Å². The van der Waals surface area contributed by atoms with Crippen LogP contribution in [0.25, 0.3) is 0 Å². The van der Waals surface area contributed by atoms with Crippen molar-refractivity contribution in [2.24, 2.45) is 5.73 Å². The Morgan fingerprint density at radius 3 is 2.29 bits per heavy atom. The van der Waals surface area contributed by atoms with Crippen LogP contribution in [0.1, 0.15) is 37.2 Å². The molecule has 2 heteroatoms. The van der Waals surface area contributed by atoms with Crippen molar-refractivity contribution in [3.63, 3.8) is 0 Å². The molecule has 1 aliphatic rings. The first-order chi connectivity index (χ1) is 6.38. The Kier molecular flexibility index (Phi) is 4.43. The first kappa shape index (κ1) is 11.5. The number of rotatable bonds is 1. The normalized spacial score (nSPS) is 26.6. The highest BCUT2D eigenvalue weighted by Gasteiger charge is 2.22. The maximum absolute atomic E-state index is 6.11. The fraction of sp³-hybridized carbons (Fsp3) is 0.500. The molecule has 0 heterocycles. The number of hydrogen-bond acceptors (Lipinski definition) is 1. The van der Waals surface area contributed by atoms with E-state index in [-0.39, 0.29) is 12.4 Å². The van der Waals surface area contributed by atoms with E-state index in [4.69, 9.17) is 5.73 Å². The summed E-state index contributed by atoms with van der Waals surface area (Å²) < 4.78 is 0. The maximum atomic E-state index is 6.11. The van der Waals surface area contributed by atoms with Gasteiger partial charge >= 0.3 is 0 Å². The first-order valence-electron chi connectivity index (χ1n) is 5.18. The van der Waals surface area contributed by atoms with Gasteiger partial charge in [-0.05, 0) is 24.3 Å². The molecule has 0 aliphatic heterocycles. The third-order valence-corrected chi connectivity index (χ3v) is 3.05. The molecule has 1 aliphatic carbocycles. The molecule has 2 rings (SSSR count). The molecule has 0 radical (unpaired) electrons. The van der Waals surface area contributed by atoms with Crippen LogP contribution in [0.5, 0.6) is 0 Å². The van der Waals surface area contributed by atoms with Gasteiger partial charge in [0.25, 0.3) is 0 Å². The second-order valence-electron chi connectivity index (χ2n) is 3.97. The van der Waals surface area contributed by atoms with E-state index in [1.807, 2.05) is 0 Å². The lowest BCUT2D eigenvalue weighted by atomic mass is 9.80. The van der Waals surface area contributed by atoms with E-state index in [1.54, 1.807) is 0 Å². The van der Waals surface area contributed by atoms with Gasteiger partial charge in [-0.25, -0.2) is 0 Å². The van der Waals surface area contributed by atoms with E-state index in [9.17, 15) is 0 Å². The molecule has 14 heavy (non-hydrogen) atoms. The zero-order chi connectivity index (χ0) is 9.10. The minimum atomic E-state index is 0. The lowest BCUT2D eigenvalue weighted by Crippen LogP contribution is -2.31. The Balaban J connectivity index is 0.000000980. The molecule has 78 valence electrons. The maximum Gasteiger partial charge on any atom is 0.0108 e. The van der Waals surface area contributed by atoms with Gasteiger partial charge in [0.05, 0.1) is 0 Å². The Bertz CT molecular complexity index is 260. The van der Waals surface area contributed by atoms with Crippen molar-refractivity contribution in [3.8, 4) is 0 Å². The standard InChI is InChI=1S/C12H17N.ClH/c13-12-9-5-4-8-11(12)10-6-2-1-3-7-10;/h1-3,6-7,11-12H,4-5,8-9,13H2;1H/t11-,12+;/m1./s1. The molecule has 0 saturated heterocycles. The molecule has 0 aromatic heterocycles. The lowest BCUT2D eigenvalue weighted by molar-refractivity contribution is 0.385. The molecule has 1 aromatic rings. The van der Waals surface area contributed by atoms with Crippen LogP contribution in [-0.2, 0) is 0 Å². The minimum Gasteiger partial charge on any atom is -0.327 e. The highest BCUT2D eigenvalue weighted by atomic mass is 35.5. The molecular formula is C12H18ClN. The Morgan fingerprint density at radius 1 is 1.00 bits per heavy atom. The van der Waals surface area contributed by atoms with Crippen LogP contribution in [0.15, 0.2) is 30.3 Å². The summed E-state index contributed by atoms with van der Waals surface area (Å²) in [6.45, 7) is 0. The number of halogens is 1. The van der Waals surface area contributed by atoms with Crippen molar-refractivity contribution >= 4 is 12.4 Å². The van der Waals surface area contributed by atoms with Gasteiger partial charge in [0.2, 0.25) is 0 Å². The third kappa shape index (κ3) is 2.49.